The minimum Gasteiger partial charge on any atom is -0.496 e. The standard InChI is InChI=1S/C52H74O9.H3P/c1-35(29-49(3,4)5)51(31-37-41(53-9)21-17-22-42(37)54-10,32-38-43(55-11)23-18-24-44(38)56-12)61-52(36(2)30-50(6,7)8,33-39-45(57-13)25-19-26-46(39)58-14)34-40-47(59-15)27-20-28-48(40)60-16;/h17-28,35-36H,29-34H2,1-16H3;1H3. The molecule has 0 aliphatic rings. The smallest absolute Gasteiger partial charge is 0.125 e. The summed E-state index contributed by atoms with van der Waals surface area (Å²) >= 11 is 0. The lowest BCUT2D eigenvalue weighted by Crippen LogP contribution is -2.57. The highest BCUT2D eigenvalue weighted by Crippen LogP contribution is 2.52. The molecule has 0 amide bonds. The summed E-state index contributed by atoms with van der Waals surface area (Å²) in [5, 5.41) is 0. The van der Waals surface area contributed by atoms with Crippen molar-refractivity contribution in [3.63, 3.8) is 0 Å². The molecule has 0 aliphatic heterocycles. The molecule has 62 heavy (non-hydrogen) atoms. The van der Waals surface area contributed by atoms with Gasteiger partial charge in [0.05, 0.1) is 68.1 Å². The van der Waals surface area contributed by atoms with E-state index in [4.69, 9.17) is 42.6 Å². The topological polar surface area (TPSA) is 83.1 Å². The highest BCUT2D eigenvalue weighted by Gasteiger charge is 2.52. The monoisotopic (exact) mass is 877 g/mol. The van der Waals surface area contributed by atoms with Crippen molar-refractivity contribution in [2.75, 3.05) is 56.9 Å². The Morgan fingerprint density at radius 3 is 0.677 bits per heavy atom. The normalized spacial score (nSPS) is 13.0. The number of hydrogen-bond acceptors (Lipinski definition) is 9. The molecule has 0 saturated heterocycles. The van der Waals surface area contributed by atoms with E-state index in [0.717, 1.165) is 35.1 Å². The van der Waals surface area contributed by atoms with E-state index in [9.17, 15) is 0 Å². The van der Waals surface area contributed by atoms with Crippen molar-refractivity contribution in [3.05, 3.63) is 95.1 Å². The van der Waals surface area contributed by atoms with Crippen LogP contribution in [-0.2, 0) is 30.4 Å². The summed E-state index contributed by atoms with van der Waals surface area (Å²) in [5.74, 6) is 5.58. The summed E-state index contributed by atoms with van der Waals surface area (Å²) in [6.45, 7) is 18.4. The van der Waals surface area contributed by atoms with Gasteiger partial charge in [0.25, 0.3) is 0 Å². The van der Waals surface area contributed by atoms with Crippen molar-refractivity contribution in [3.8, 4) is 46.0 Å². The zero-order valence-corrected chi connectivity index (χ0v) is 42.1. The Kier molecular flexibility index (Phi) is 18.7. The molecule has 0 N–H and O–H groups in total. The first-order valence-corrected chi connectivity index (χ1v) is 21.4. The molecular formula is C52H77O9P. The Bertz CT molecular complexity index is 1670. The van der Waals surface area contributed by atoms with E-state index in [1.165, 1.54) is 0 Å². The Labute approximate surface area is 377 Å². The molecule has 0 spiro atoms. The van der Waals surface area contributed by atoms with Gasteiger partial charge < -0.3 is 42.6 Å². The molecule has 0 fully saturated rings. The highest BCUT2D eigenvalue weighted by atomic mass is 31.0. The van der Waals surface area contributed by atoms with Crippen molar-refractivity contribution < 1.29 is 42.6 Å². The lowest BCUT2D eigenvalue weighted by atomic mass is 9.68. The summed E-state index contributed by atoms with van der Waals surface area (Å²) in [6.07, 6.45) is 3.34. The van der Waals surface area contributed by atoms with Crippen LogP contribution in [0, 0.1) is 22.7 Å². The van der Waals surface area contributed by atoms with Crippen LogP contribution in [0.5, 0.6) is 46.0 Å². The molecule has 10 heteroatoms. The van der Waals surface area contributed by atoms with Crippen LogP contribution in [0.3, 0.4) is 0 Å². The summed E-state index contributed by atoms with van der Waals surface area (Å²) in [7, 11) is 13.7. The third-order valence-corrected chi connectivity index (χ3v) is 12.1. The lowest BCUT2D eigenvalue weighted by molar-refractivity contribution is -0.208. The maximum absolute atomic E-state index is 8.61. The molecule has 3 unspecified atom stereocenters. The SMILES string of the molecule is COc1cccc(OC)c1CC(Cc1c(OC)cccc1OC)(OC(Cc1c(OC)cccc1OC)(Cc1c(OC)cccc1OC)C(C)CC(C)(C)C)C(C)CC(C)(C)C.P. The average Bonchev–Trinajstić information content (AvgIpc) is 3.22. The summed E-state index contributed by atoms with van der Waals surface area (Å²) in [4.78, 5) is 0. The zero-order valence-electron chi connectivity index (χ0n) is 40.7. The number of ether oxygens (including phenoxy) is 9. The quantitative estimate of drug-likeness (QED) is 0.0717. The highest BCUT2D eigenvalue weighted by molar-refractivity contribution is 6.92. The van der Waals surface area contributed by atoms with E-state index < -0.39 is 11.2 Å². The molecule has 0 radical (unpaired) electrons. The van der Waals surface area contributed by atoms with E-state index in [1.54, 1.807) is 56.9 Å². The molecule has 0 bridgehead atoms. The Morgan fingerprint density at radius 1 is 0.355 bits per heavy atom. The zero-order chi connectivity index (χ0) is 45.2. The Morgan fingerprint density at radius 2 is 0.532 bits per heavy atom. The summed E-state index contributed by atoms with van der Waals surface area (Å²) < 4.78 is 57.9. The second kappa shape index (κ2) is 22.3. The largest absolute Gasteiger partial charge is 0.496 e. The fraction of sp³-hybridized carbons (Fsp3) is 0.538. The molecular weight excluding hydrogens is 800 g/mol. The minimum absolute atomic E-state index is 0. The van der Waals surface area contributed by atoms with E-state index in [1.807, 2.05) is 72.8 Å². The van der Waals surface area contributed by atoms with Gasteiger partial charge in [0.2, 0.25) is 0 Å². The maximum Gasteiger partial charge on any atom is 0.125 e. The predicted molar refractivity (Wildman–Crippen MR) is 257 cm³/mol. The van der Waals surface area contributed by atoms with E-state index in [0.29, 0.717) is 71.7 Å². The Balaban J connectivity index is 0.0000102. The van der Waals surface area contributed by atoms with Crippen molar-refractivity contribution in [1.29, 1.82) is 0 Å². The van der Waals surface area contributed by atoms with E-state index >= 15 is 0 Å². The van der Waals surface area contributed by atoms with Gasteiger partial charge in [-0.1, -0.05) is 79.7 Å². The molecule has 0 saturated carbocycles. The van der Waals surface area contributed by atoms with Crippen LogP contribution in [0.2, 0.25) is 0 Å². The van der Waals surface area contributed by atoms with Crippen molar-refractivity contribution in [1.82, 2.24) is 0 Å². The third kappa shape index (κ3) is 12.4. The fourth-order valence-corrected chi connectivity index (χ4v) is 9.39. The van der Waals surface area contributed by atoms with Crippen molar-refractivity contribution >= 4 is 9.90 Å². The first-order chi connectivity index (χ1) is 28.9. The van der Waals surface area contributed by atoms with Crippen LogP contribution in [0.15, 0.2) is 72.8 Å². The van der Waals surface area contributed by atoms with Gasteiger partial charge in [-0.05, 0) is 84.0 Å². The van der Waals surface area contributed by atoms with Gasteiger partial charge in [-0.15, -0.1) is 0 Å². The summed E-state index contributed by atoms with van der Waals surface area (Å²) in [5.41, 5.74) is 1.51. The predicted octanol–water partition coefficient (Wildman–Crippen LogP) is 11.7. The van der Waals surface area contributed by atoms with Crippen LogP contribution >= 0.6 is 9.90 Å². The minimum atomic E-state index is -0.978. The molecule has 3 atom stereocenters. The Hall–Kier alpha value is -4.33. The van der Waals surface area contributed by atoms with Gasteiger partial charge >= 0.3 is 0 Å². The summed E-state index contributed by atoms with van der Waals surface area (Å²) in [6, 6.07) is 23.8. The number of hydrogen-bond donors (Lipinski definition) is 0. The van der Waals surface area contributed by atoms with Gasteiger partial charge in [-0.25, -0.2) is 0 Å². The van der Waals surface area contributed by atoms with Crippen LogP contribution in [0.1, 0.15) is 90.5 Å². The number of rotatable bonds is 22. The molecule has 4 aromatic rings. The van der Waals surface area contributed by atoms with Gasteiger partial charge in [0.1, 0.15) is 46.0 Å². The lowest BCUT2D eigenvalue weighted by Gasteiger charge is -2.52. The van der Waals surface area contributed by atoms with Crippen LogP contribution in [-0.4, -0.2) is 68.1 Å². The average molecular weight is 877 g/mol. The fourth-order valence-electron chi connectivity index (χ4n) is 9.39. The van der Waals surface area contributed by atoms with E-state index in [2.05, 4.69) is 55.4 Å². The molecule has 9 nitrogen and oxygen atoms in total. The first-order valence-electron chi connectivity index (χ1n) is 21.4. The van der Waals surface area contributed by atoms with Gasteiger partial charge in [0.15, 0.2) is 0 Å². The van der Waals surface area contributed by atoms with Gasteiger partial charge in [-0.3, -0.25) is 0 Å². The third-order valence-electron chi connectivity index (χ3n) is 12.1. The maximum atomic E-state index is 8.61. The van der Waals surface area contributed by atoms with Crippen LogP contribution in [0.25, 0.3) is 0 Å². The molecule has 4 aromatic carbocycles. The molecule has 4 rings (SSSR count). The number of methoxy groups -OCH3 is 8. The van der Waals surface area contributed by atoms with Crippen LogP contribution < -0.4 is 37.9 Å². The molecule has 0 aliphatic carbocycles. The second-order valence-corrected chi connectivity index (χ2v) is 18.8. The second-order valence-electron chi connectivity index (χ2n) is 18.8. The van der Waals surface area contributed by atoms with Crippen LogP contribution in [0.4, 0.5) is 0 Å². The van der Waals surface area contributed by atoms with E-state index in [-0.39, 0.29) is 32.6 Å². The molecule has 344 valence electrons. The number of benzene rings is 4. The van der Waals surface area contributed by atoms with Crippen molar-refractivity contribution in [2.45, 2.75) is 105 Å². The molecule has 0 heterocycles. The van der Waals surface area contributed by atoms with Gasteiger partial charge in [0, 0.05) is 47.9 Å². The first kappa shape index (κ1) is 52.0. The molecule has 0 aromatic heterocycles. The van der Waals surface area contributed by atoms with Crippen molar-refractivity contribution in [2.24, 2.45) is 22.7 Å². The van der Waals surface area contributed by atoms with Gasteiger partial charge in [-0.2, -0.15) is 9.90 Å².